The van der Waals surface area contributed by atoms with E-state index in [0.717, 1.165) is 12.0 Å². The van der Waals surface area contributed by atoms with E-state index in [1.165, 1.54) is 27.6 Å². The smallest absolute Gasteiger partial charge is 0.246 e. The van der Waals surface area contributed by atoms with Crippen molar-refractivity contribution in [2.24, 2.45) is 0 Å². The number of sulfonamides is 1. The Balaban J connectivity index is 1.97. The van der Waals surface area contributed by atoms with Gasteiger partial charge in [-0.2, -0.15) is 4.31 Å². The predicted octanol–water partition coefficient (Wildman–Crippen LogP) is 1.47. The first kappa shape index (κ1) is 12.6. The summed E-state index contributed by atoms with van der Waals surface area (Å²) in [5.74, 6) is 0. The maximum Gasteiger partial charge on any atom is 0.246 e. The molecule has 0 spiro atoms. The van der Waals surface area contributed by atoms with Gasteiger partial charge in [0.05, 0.1) is 5.69 Å². The predicted molar refractivity (Wildman–Crippen MR) is 74.3 cm³/mol. The van der Waals surface area contributed by atoms with E-state index >= 15 is 0 Å². The van der Waals surface area contributed by atoms with Gasteiger partial charge in [-0.1, -0.05) is 0 Å². The van der Waals surface area contributed by atoms with E-state index in [9.17, 15) is 8.42 Å². The lowest BCUT2D eigenvalue weighted by Crippen LogP contribution is -2.35. The van der Waals surface area contributed by atoms with Gasteiger partial charge in [0.1, 0.15) is 4.90 Å². The van der Waals surface area contributed by atoms with Crippen LogP contribution in [0.2, 0.25) is 0 Å². The Morgan fingerprint density at radius 1 is 1.37 bits per heavy atom. The van der Waals surface area contributed by atoms with Crippen molar-refractivity contribution in [2.75, 3.05) is 12.3 Å². The zero-order valence-electron chi connectivity index (χ0n) is 10.1. The molecule has 1 aliphatic heterocycles. The van der Waals surface area contributed by atoms with Crippen molar-refractivity contribution in [2.45, 2.75) is 17.9 Å². The Morgan fingerprint density at radius 2 is 2.21 bits per heavy atom. The third-order valence-electron chi connectivity index (χ3n) is 3.21. The highest BCUT2D eigenvalue weighted by molar-refractivity contribution is 7.89. The van der Waals surface area contributed by atoms with Gasteiger partial charge < -0.3 is 5.73 Å². The highest BCUT2D eigenvalue weighted by Gasteiger charge is 2.30. The van der Waals surface area contributed by atoms with Crippen molar-refractivity contribution in [3.05, 3.63) is 40.3 Å². The van der Waals surface area contributed by atoms with Crippen LogP contribution in [0.3, 0.4) is 0 Å². The lowest BCUT2D eigenvalue weighted by molar-refractivity contribution is 0.394. The molecule has 0 fully saturated rings. The molecule has 0 saturated heterocycles. The van der Waals surface area contributed by atoms with E-state index in [2.05, 4.69) is 4.98 Å². The zero-order chi connectivity index (χ0) is 13.5. The van der Waals surface area contributed by atoms with Gasteiger partial charge in [0.15, 0.2) is 0 Å². The number of nitrogens with zero attached hydrogens (tertiary/aromatic N) is 2. The second-order valence-electron chi connectivity index (χ2n) is 4.37. The number of nitrogen functional groups attached to an aromatic ring is 1. The van der Waals surface area contributed by atoms with Crippen molar-refractivity contribution >= 4 is 27.0 Å². The van der Waals surface area contributed by atoms with Crippen LogP contribution < -0.4 is 5.73 Å². The van der Waals surface area contributed by atoms with Gasteiger partial charge in [-0.05, 0) is 29.5 Å². The average molecular weight is 295 g/mol. The van der Waals surface area contributed by atoms with Crippen molar-refractivity contribution in [1.82, 2.24) is 9.29 Å². The molecule has 7 heteroatoms. The number of pyridine rings is 1. The summed E-state index contributed by atoms with van der Waals surface area (Å²) in [6.07, 6.45) is 3.56. The quantitative estimate of drug-likeness (QED) is 0.910. The lowest BCUT2D eigenvalue weighted by atomic mass is 10.1. The molecule has 2 aromatic rings. The highest BCUT2D eigenvalue weighted by Crippen LogP contribution is 2.29. The minimum Gasteiger partial charge on any atom is -0.398 e. The molecule has 0 bridgehead atoms. The Labute approximate surface area is 115 Å². The molecule has 100 valence electrons. The zero-order valence-corrected chi connectivity index (χ0v) is 11.7. The van der Waals surface area contributed by atoms with Gasteiger partial charge in [0.2, 0.25) is 10.0 Å². The van der Waals surface area contributed by atoms with Gasteiger partial charge in [0.25, 0.3) is 0 Å². The van der Waals surface area contributed by atoms with Gasteiger partial charge >= 0.3 is 0 Å². The first-order valence-electron chi connectivity index (χ1n) is 5.84. The first-order chi connectivity index (χ1) is 9.09. The van der Waals surface area contributed by atoms with Crippen LogP contribution in [-0.2, 0) is 23.0 Å². The van der Waals surface area contributed by atoms with Crippen molar-refractivity contribution < 1.29 is 8.42 Å². The van der Waals surface area contributed by atoms with Crippen molar-refractivity contribution in [3.63, 3.8) is 0 Å². The molecule has 2 aromatic heterocycles. The molecule has 0 saturated carbocycles. The number of hydrogen-bond acceptors (Lipinski definition) is 5. The molecule has 0 radical (unpaired) electrons. The van der Waals surface area contributed by atoms with Gasteiger partial charge in [-0.15, -0.1) is 11.3 Å². The number of thiophene rings is 1. The first-order valence-corrected chi connectivity index (χ1v) is 8.16. The summed E-state index contributed by atoms with van der Waals surface area (Å²) in [5, 5.41) is 2.00. The number of aromatic nitrogens is 1. The molecule has 0 atom stereocenters. The highest BCUT2D eigenvalue weighted by atomic mass is 32.2. The van der Waals surface area contributed by atoms with Crippen LogP contribution >= 0.6 is 11.3 Å². The fourth-order valence-corrected chi connectivity index (χ4v) is 4.54. The van der Waals surface area contributed by atoms with Crippen LogP contribution in [0.1, 0.15) is 10.4 Å². The maximum absolute atomic E-state index is 12.5. The van der Waals surface area contributed by atoms with E-state index in [0.29, 0.717) is 13.1 Å². The number of rotatable bonds is 2. The fourth-order valence-electron chi connectivity index (χ4n) is 2.17. The van der Waals surface area contributed by atoms with Gasteiger partial charge in [-0.3, -0.25) is 4.98 Å². The summed E-state index contributed by atoms with van der Waals surface area (Å²) in [6.45, 7) is 0.902. The van der Waals surface area contributed by atoms with E-state index in [1.807, 2.05) is 11.4 Å². The van der Waals surface area contributed by atoms with Crippen LogP contribution in [0.25, 0.3) is 0 Å². The van der Waals surface area contributed by atoms with Crippen LogP contribution in [0.4, 0.5) is 5.69 Å². The summed E-state index contributed by atoms with van der Waals surface area (Å²) < 4.78 is 26.6. The molecule has 2 N–H and O–H groups in total. The molecule has 0 aliphatic carbocycles. The normalized spacial score (nSPS) is 16.2. The number of hydrogen-bond donors (Lipinski definition) is 1. The summed E-state index contributed by atoms with van der Waals surface area (Å²) in [6, 6.07) is 3.49. The summed E-state index contributed by atoms with van der Waals surface area (Å²) in [7, 11) is -3.56. The van der Waals surface area contributed by atoms with Crippen LogP contribution in [0.5, 0.6) is 0 Å². The Kier molecular flexibility index (Phi) is 3.04. The van der Waals surface area contributed by atoms with Gasteiger partial charge in [0, 0.05) is 30.4 Å². The monoisotopic (exact) mass is 295 g/mol. The average Bonchev–Trinajstić information content (AvgIpc) is 2.86. The SMILES string of the molecule is Nc1ccncc1S(=O)(=O)N1CCc2sccc2C1. The third-order valence-corrected chi connectivity index (χ3v) is 6.12. The standard InChI is InChI=1S/C12H13N3O2S2/c13-10-1-4-14-7-12(10)19(16,17)15-5-2-11-9(8-15)3-6-18-11/h1,3-4,6-7H,2,5,8H2,(H2,13,14). The van der Waals surface area contributed by atoms with Crippen molar-refractivity contribution in [3.8, 4) is 0 Å². The van der Waals surface area contributed by atoms with E-state index < -0.39 is 10.0 Å². The molecule has 19 heavy (non-hydrogen) atoms. The van der Waals surface area contributed by atoms with Crippen LogP contribution in [0.15, 0.2) is 34.8 Å². The van der Waals surface area contributed by atoms with Crippen LogP contribution in [0, 0.1) is 0 Å². The molecule has 0 aromatic carbocycles. The maximum atomic E-state index is 12.5. The third kappa shape index (κ3) is 2.13. The molecular formula is C12H13N3O2S2. The molecule has 1 aliphatic rings. The second kappa shape index (κ2) is 4.59. The van der Waals surface area contributed by atoms with Crippen molar-refractivity contribution in [1.29, 1.82) is 0 Å². The molecule has 0 amide bonds. The molecule has 5 nitrogen and oxygen atoms in total. The molecular weight excluding hydrogens is 282 g/mol. The lowest BCUT2D eigenvalue weighted by Gasteiger charge is -2.26. The topological polar surface area (TPSA) is 76.3 Å². The van der Waals surface area contributed by atoms with E-state index in [4.69, 9.17) is 5.73 Å². The molecule has 3 rings (SSSR count). The molecule has 3 heterocycles. The molecule has 0 unspecified atom stereocenters. The van der Waals surface area contributed by atoms with Crippen LogP contribution in [-0.4, -0.2) is 24.3 Å². The Morgan fingerprint density at radius 3 is 3.00 bits per heavy atom. The number of fused-ring (bicyclic) bond motifs is 1. The number of anilines is 1. The van der Waals surface area contributed by atoms with E-state index in [1.54, 1.807) is 11.3 Å². The fraction of sp³-hybridized carbons (Fsp3) is 0.250. The van der Waals surface area contributed by atoms with E-state index in [-0.39, 0.29) is 10.6 Å². The Bertz CT molecular complexity index is 709. The minimum atomic E-state index is -3.56. The Hall–Kier alpha value is -1.44. The largest absolute Gasteiger partial charge is 0.398 e. The summed E-state index contributed by atoms with van der Waals surface area (Å²) >= 11 is 1.68. The summed E-state index contributed by atoms with van der Waals surface area (Å²) in [5.41, 5.74) is 7.07. The second-order valence-corrected chi connectivity index (χ2v) is 7.28. The minimum absolute atomic E-state index is 0.0914. The summed E-state index contributed by atoms with van der Waals surface area (Å²) in [4.78, 5) is 5.22. The van der Waals surface area contributed by atoms with Gasteiger partial charge in [-0.25, -0.2) is 8.42 Å². The number of nitrogens with two attached hydrogens (primary N) is 1.